The molecule has 0 spiro atoms. The predicted octanol–water partition coefficient (Wildman–Crippen LogP) is 1.29. The second kappa shape index (κ2) is 4.48. The first kappa shape index (κ1) is 12.1. The highest BCUT2D eigenvalue weighted by Gasteiger charge is 2.34. The van der Waals surface area contributed by atoms with Gasteiger partial charge in [-0.05, 0) is 18.6 Å². The number of fused-ring (bicyclic) bond motifs is 1. The minimum Gasteiger partial charge on any atom is -0.481 e. The third-order valence-corrected chi connectivity index (χ3v) is 2.91. The Labute approximate surface area is 102 Å². The van der Waals surface area contributed by atoms with Gasteiger partial charge in [0.05, 0.1) is 11.5 Å². The van der Waals surface area contributed by atoms with Crippen molar-refractivity contribution in [1.82, 2.24) is 0 Å². The average molecular weight is 249 g/mol. The molecule has 6 nitrogen and oxygen atoms in total. The molecule has 1 heterocycles. The van der Waals surface area contributed by atoms with E-state index in [0.717, 1.165) is 0 Å². The average Bonchev–Trinajstić information content (AvgIpc) is 2.61. The van der Waals surface area contributed by atoms with Crippen LogP contribution in [0.4, 0.5) is 5.69 Å². The molecule has 2 rings (SSSR count). The molecule has 0 aliphatic carbocycles. The standard InChI is InChI=1S/C12H11NO5/c14-9(15)5-4-6-10-7(12(17)18)2-1-3-8(10)13-11(6)16/h1-3,6H,4-5H2,(H,13,16)(H,14,15)(H,17,18). The molecule has 1 aliphatic rings. The van der Waals surface area contributed by atoms with Gasteiger partial charge in [-0.25, -0.2) is 4.79 Å². The maximum atomic E-state index is 11.7. The molecule has 1 aromatic rings. The van der Waals surface area contributed by atoms with Gasteiger partial charge in [0.1, 0.15) is 0 Å². The molecule has 0 saturated carbocycles. The summed E-state index contributed by atoms with van der Waals surface area (Å²) in [5, 5.41) is 20.3. The molecule has 1 atom stereocenters. The monoisotopic (exact) mass is 249 g/mol. The fraction of sp³-hybridized carbons (Fsp3) is 0.250. The van der Waals surface area contributed by atoms with Gasteiger partial charge in [0, 0.05) is 17.7 Å². The Morgan fingerprint density at radius 3 is 2.61 bits per heavy atom. The first-order valence-corrected chi connectivity index (χ1v) is 5.39. The Morgan fingerprint density at radius 2 is 2.00 bits per heavy atom. The number of hydrogen-bond acceptors (Lipinski definition) is 3. The summed E-state index contributed by atoms with van der Waals surface area (Å²) in [4.78, 5) is 33.4. The molecule has 1 aliphatic heterocycles. The van der Waals surface area contributed by atoms with E-state index in [1.165, 1.54) is 6.07 Å². The molecule has 1 amide bonds. The van der Waals surface area contributed by atoms with Gasteiger partial charge in [-0.15, -0.1) is 0 Å². The fourth-order valence-corrected chi connectivity index (χ4v) is 2.13. The summed E-state index contributed by atoms with van der Waals surface area (Å²) in [6, 6.07) is 4.57. The number of benzene rings is 1. The van der Waals surface area contributed by atoms with Crippen LogP contribution in [0.15, 0.2) is 18.2 Å². The van der Waals surface area contributed by atoms with Crippen molar-refractivity contribution < 1.29 is 24.6 Å². The van der Waals surface area contributed by atoms with Crippen molar-refractivity contribution in [1.29, 1.82) is 0 Å². The second-order valence-corrected chi connectivity index (χ2v) is 4.05. The number of carboxylic acid groups (broad SMARTS) is 2. The van der Waals surface area contributed by atoms with Crippen molar-refractivity contribution in [2.24, 2.45) is 0 Å². The molecule has 1 aromatic carbocycles. The quantitative estimate of drug-likeness (QED) is 0.745. The minimum absolute atomic E-state index is 0.0428. The topological polar surface area (TPSA) is 104 Å². The van der Waals surface area contributed by atoms with Gasteiger partial charge in [0.2, 0.25) is 5.91 Å². The van der Waals surface area contributed by atoms with Crippen LogP contribution in [0.25, 0.3) is 0 Å². The van der Waals surface area contributed by atoms with Gasteiger partial charge in [-0.2, -0.15) is 0 Å². The number of aromatic carboxylic acids is 1. The number of nitrogens with one attached hydrogen (secondary N) is 1. The molecule has 3 N–H and O–H groups in total. The van der Waals surface area contributed by atoms with Crippen LogP contribution in [0, 0.1) is 0 Å². The summed E-state index contributed by atoms with van der Waals surface area (Å²) in [6.07, 6.45) is -0.0794. The number of rotatable bonds is 4. The molecule has 18 heavy (non-hydrogen) atoms. The maximum absolute atomic E-state index is 11.7. The number of carbonyl (C=O) groups is 3. The molecule has 94 valence electrons. The lowest BCUT2D eigenvalue weighted by atomic mass is 9.91. The van der Waals surface area contributed by atoms with E-state index >= 15 is 0 Å². The highest BCUT2D eigenvalue weighted by Crippen LogP contribution is 2.37. The normalized spacial score (nSPS) is 17.1. The van der Waals surface area contributed by atoms with E-state index in [-0.39, 0.29) is 24.3 Å². The number of carboxylic acids is 2. The number of carbonyl (C=O) groups excluding carboxylic acids is 1. The van der Waals surface area contributed by atoms with Crippen molar-refractivity contribution in [3.63, 3.8) is 0 Å². The van der Waals surface area contributed by atoms with Crippen LogP contribution in [0.3, 0.4) is 0 Å². The summed E-state index contributed by atoms with van der Waals surface area (Å²) in [6.45, 7) is 0. The predicted molar refractivity (Wildman–Crippen MR) is 61.6 cm³/mol. The molecular formula is C12H11NO5. The van der Waals surface area contributed by atoms with Crippen LogP contribution in [-0.2, 0) is 9.59 Å². The molecule has 0 fully saturated rings. The van der Waals surface area contributed by atoms with E-state index in [2.05, 4.69) is 5.32 Å². The summed E-state index contributed by atoms with van der Waals surface area (Å²) < 4.78 is 0. The highest BCUT2D eigenvalue weighted by molar-refractivity contribution is 6.07. The molecule has 0 bridgehead atoms. The van der Waals surface area contributed by atoms with Crippen LogP contribution in [0.5, 0.6) is 0 Å². The first-order valence-electron chi connectivity index (χ1n) is 5.39. The Balaban J connectivity index is 2.39. The van der Waals surface area contributed by atoms with Crippen molar-refractivity contribution in [2.75, 3.05) is 5.32 Å². The molecule has 1 unspecified atom stereocenters. The van der Waals surface area contributed by atoms with Gasteiger partial charge in [-0.3, -0.25) is 9.59 Å². The SMILES string of the molecule is O=C(O)CCC1C(=O)Nc2cccc(C(=O)O)c21. The Bertz CT molecular complexity index is 537. The lowest BCUT2D eigenvalue weighted by molar-refractivity contribution is -0.137. The van der Waals surface area contributed by atoms with E-state index in [1.54, 1.807) is 12.1 Å². The molecule has 0 aromatic heterocycles. The summed E-state index contributed by atoms with van der Waals surface area (Å²) in [7, 11) is 0. The van der Waals surface area contributed by atoms with E-state index in [4.69, 9.17) is 10.2 Å². The number of hydrogen-bond donors (Lipinski definition) is 3. The third-order valence-electron chi connectivity index (χ3n) is 2.91. The van der Waals surface area contributed by atoms with E-state index in [1.807, 2.05) is 0 Å². The van der Waals surface area contributed by atoms with Gasteiger partial charge in [0.15, 0.2) is 0 Å². The fourth-order valence-electron chi connectivity index (χ4n) is 2.13. The van der Waals surface area contributed by atoms with Crippen LogP contribution in [0.2, 0.25) is 0 Å². The summed E-state index contributed by atoms with van der Waals surface area (Å²) in [5.41, 5.74) is 0.882. The molecular weight excluding hydrogens is 238 g/mol. The largest absolute Gasteiger partial charge is 0.481 e. The smallest absolute Gasteiger partial charge is 0.336 e. The zero-order valence-corrected chi connectivity index (χ0v) is 9.34. The first-order chi connectivity index (χ1) is 8.50. The zero-order valence-electron chi connectivity index (χ0n) is 9.34. The highest BCUT2D eigenvalue weighted by atomic mass is 16.4. The van der Waals surface area contributed by atoms with Crippen molar-refractivity contribution >= 4 is 23.5 Å². The molecule has 0 radical (unpaired) electrons. The third kappa shape index (κ3) is 2.04. The van der Waals surface area contributed by atoms with Crippen molar-refractivity contribution in [3.05, 3.63) is 29.3 Å². The van der Waals surface area contributed by atoms with Gasteiger partial charge < -0.3 is 15.5 Å². The van der Waals surface area contributed by atoms with Gasteiger partial charge in [-0.1, -0.05) is 6.07 Å². The summed E-state index contributed by atoms with van der Waals surface area (Å²) >= 11 is 0. The maximum Gasteiger partial charge on any atom is 0.336 e. The Kier molecular flexibility index (Phi) is 3.01. The van der Waals surface area contributed by atoms with Crippen LogP contribution >= 0.6 is 0 Å². The number of anilines is 1. The zero-order chi connectivity index (χ0) is 13.3. The number of aliphatic carboxylic acids is 1. The van der Waals surface area contributed by atoms with Crippen LogP contribution < -0.4 is 5.32 Å². The minimum atomic E-state index is -1.12. The van der Waals surface area contributed by atoms with E-state index in [9.17, 15) is 14.4 Å². The van der Waals surface area contributed by atoms with E-state index < -0.39 is 17.9 Å². The number of amides is 1. The van der Waals surface area contributed by atoms with Crippen molar-refractivity contribution in [3.8, 4) is 0 Å². The van der Waals surface area contributed by atoms with E-state index in [0.29, 0.717) is 11.3 Å². The molecule has 6 heteroatoms. The lowest BCUT2D eigenvalue weighted by Crippen LogP contribution is -2.14. The Morgan fingerprint density at radius 1 is 1.28 bits per heavy atom. The van der Waals surface area contributed by atoms with Crippen molar-refractivity contribution in [2.45, 2.75) is 18.8 Å². The summed E-state index contributed by atoms with van der Waals surface area (Å²) in [5.74, 6) is -3.18. The van der Waals surface area contributed by atoms with Gasteiger partial charge in [0.25, 0.3) is 0 Å². The lowest BCUT2D eigenvalue weighted by Gasteiger charge is -2.09. The van der Waals surface area contributed by atoms with Gasteiger partial charge >= 0.3 is 11.9 Å². The van der Waals surface area contributed by atoms with Crippen LogP contribution in [-0.4, -0.2) is 28.1 Å². The Hall–Kier alpha value is -2.37. The second-order valence-electron chi connectivity index (χ2n) is 4.05. The molecule has 0 saturated heterocycles. The van der Waals surface area contributed by atoms with Crippen LogP contribution in [0.1, 0.15) is 34.7 Å².